The van der Waals surface area contributed by atoms with E-state index < -0.39 is 0 Å². The zero-order valence-corrected chi connectivity index (χ0v) is 21.5. The first-order valence-electron chi connectivity index (χ1n) is 11.8. The molecule has 2 aliphatic heterocycles. The van der Waals surface area contributed by atoms with Gasteiger partial charge < -0.3 is 19.1 Å². The third-order valence-corrected chi connectivity index (χ3v) is 7.07. The van der Waals surface area contributed by atoms with Gasteiger partial charge in [-0.05, 0) is 60.2 Å². The highest BCUT2D eigenvalue weighted by Crippen LogP contribution is 2.37. The van der Waals surface area contributed by atoms with Gasteiger partial charge in [0.05, 0.1) is 23.8 Å². The van der Waals surface area contributed by atoms with Crippen molar-refractivity contribution in [1.29, 1.82) is 0 Å². The van der Waals surface area contributed by atoms with Crippen LogP contribution in [-0.2, 0) is 14.3 Å². The van der Waals surface area contributed by atoms with Crippen LogP contribution in [-0.4, -0.2) is 53.9 Å². The molecule has 3 aromatic rings. The van der Waals surface area contributed by atoms with Crippen LogP contribution in [0.2, 0.25) is 0 Å². The highest BCUT2D eigenvalue weighted by atomic mass is 32.2. The van der Waals surface area contributed by atoms with E-state index in [2.05, 4.69) is 0 Å². The molecule has 0 radical (unpaired) electrons. The second kappa shape index (κ2) is 11.6. The van der Waals surface area contributed by atoms with Gasteiger partial charge in [-0.3, -0.25) is 14.5 Å². The third kappa shape index (κ3) is 6.19. The van der Waals surface area contributed by atoms with Gasteiger partial charge in [-0.15, -0.1) is 0 Å². The molecule has 0 unspecified atom stereocenters. The molecule has 2 saturated heterocycles. The van der Waals surface area contributed by atoms with Gasteiger partial charge in [0.15, 0.2) is 10.9 Å². The van der Waals surface area contributed by atoms with E-state index in [1.807, 2.05) is 66.7 Å². The molecule has 0 bridgehead atoms. The number of hydrogen-bond acceptors (Lipinski definition) is 7. The first kappa shape index (κ1) is 25.0. The second-order valence-corrected chi connectivity index (χ2v) is 9.95. The van der Waals surface area contributed by atoms with Gasteiger partial charge in [-0.1, -0.05) is 54.3 Å². The van der Waals surface area contributed by atoms with Crippen molar-refractivity contribution in [3.63, 3.8) is 0 Å². The fourth-order valence-electron chi connectivity index (χ4n) is 3.84. The lowest BCUT2D eigenvalue weighted by molar-refractivity contribution is -0.137. The number of para-hydroxylation sites is 1. The fraction of sp³-hybridized carbons (Fsp3) is 0.179. The number of anilines is 1. The van der Waals surface area contributed by atoms with Gasteiger partial charge >= 0.3 is 0 Å². The van der Waals surface area contributed by atoms with Crippen molar-refractivity contribution in [2.45, 2.75) is 0 Å². The smallest absolute Gasteiger partial charge is 0.270 e. The number of ether oxygens (including phenoxy) is 3. The molecule has 0 N–H and O–H groups in total. The molecule has 9 heteroatoms. The van der Waals surface area contributed by atoms with Crippen molar-refractivity contribution >= 4 is 51.9 Å². The molecule has 2 amide bonds. The topological polar surface area (TPSA) is 68.3 Å². The first-order valence-corrected chi connectivity index (χ1v) is 13.0. The van der Waals surface area contributed by atoms with Crippen LogP contribution in [0.15, 0.2) is 83.8 Å². The standard InChI is InChI=1S/C28H24N2O5S2/c31-26(29-14-16-33-17-15-29)19-34-22-10-6-20(7-11-22)18-25-27(32)30(28(36)37-25)21-8-12-24(13-9-21)35-23-4-2-1-3-5-23/h1-13,18H,14-17,19H2/b25-18-. The van der Waals surface area contributed by atoms with Crippen LogP contribution >= 0.6 is 24.0 Å². The number of carbonyl (C=O) groups is 2. The van der Waals surface area contributed by atoms with Crippen LogP contribution in [0.1, 0.15) is 5.56 Å². The van der Waals surface area contributed by atoms with Crippen molar-refractivity contribution in [1.82, 2.24) is 4.90 Å². The van der Waals surface area contributed by atoms with E-state index in [0.717, 1.165) is 11.3 Å². The molecule has 0 spiro atoms. The molecule has 0 aromatic heterocycles. The summed E-state index contributed by atoms with van der Waals surface area (Å²) in [5, 5.41) is 0. The molecule has 37 heavy (non-hydrogen) atoms. The normalized spacial score (nSPS) is 16.8. The van der Waals surface area contributed by atoms with E-state index in [1.165, 1.54) is 16.7 Å². The summed E-state index contributed by atoms with van der Waals surface area (Å²) in [4.78, 5) is 29.2. The second-order valence-electron chi connectivity index (χ2n) is 8.28. The SMILES string of the molecule is O=C(COc1ccc(/C=C2\SC(=S)N(c3ccc(Oc4ccccc4)cc3)C2=O)cc1)N1CCOCC1. The predicted octanol–water partition coefficient (Wildman–Crippen LogP) is 5.12. The van der Waals surface area contributed by atoms with Crippen molar-refractivity contribution in [2.75, 3.05) is 37.8 Å². The van der Waals surface area contributed by atoms with Crippen molar-refractivity contribution < 1.29 is 23.8 Å². The highest BCUT2D eigenvalue weighted by Gasteiger charge is 2.33. The Bertz CT molecular complexity index is 1300. The van der Waals surface area contributed by atoms with E-state index in [9.17, 15) is 9.59 Å². The molecule has 2 fully saturated rings. The van der Waals surface area contributed by atoms with Gasteiger partial charge in [-0.2, -0.15) is 0 Å². The lowest BCUT2D eigenvalue weighted by Gasteiger charge is -2.26. The summed E-state index contributed by atoms with van der Waals surface area (Å²) in [5.41, 5.74) is 1.51. The summed E-state index contributed by atoms with van der Waals surface area (Å²) in [6.45, 7) is 2.27. The highest BCUT2D eigenvalue weighted by molar-refractivity contribution is 8.27. The Labute approximate surface area is 224 Å². The van der Waals surface area contributed by atoms with Gasteiger partial charge in [0.2, 0.25) is 0 Å². The molecular weight excluding hydrogens is 508 g/mol. The molecule has 0 atom stereocenters. The van der Waals surface area contributed by atoms with Gasteiger partial charge in [-0.25, -0.2) is 0 Å². The van der Waals surface area contributed by atoms with E-state index in [4.69, 9.17) is 26.4 Å². The Balaban J connectivity index is 1.20. The molecule has 0 aliphatic carbocycles. The van der Waals surface area contributed by atoms with Crippen LogP contribution < -0.4 is 14.4 Å². The molecular formula is C28H24N2O5S2. The molecule has 188 valence electrons. The number of benzene rings is 3. The van der Waals surface area contributed by atoms with E-state index in [0.29, 0.717) is 52.7 Å². The Morgan fingerprint density at radius 1 is 0.919 bits per heavy atom. The summed E-state index contributed by atoms with van der Waals surface area (Å²) in [6.07, 6.45) is 1.80. The van der Waals surface area contributed by atoms with Gasteiger partial charge in [0, 0.05) is 13.1 Å². The third-order valence-electron chi connectivity index (χ3n) is 5.77. The zero-order chi connectivity index (χ0) is 25.6. The monoisotopic (exact) mass is 532 g/mol. The fourth-order valence-corrected chi connectivity index (χ4v) is 5.14. The summed E-state index contributed by atoms with van der Waals surface area (Å²) in [7, 11) is 0. The number of nitrogens with zero attached hydrogens (tertiary/aromatic N) is 2. The summed E-state index contributed by atoms with van der Waals surface area (Å²) < 4.78 is 17.2. The van der Waals surface area contributed by atoms with Gasteiger partial charge in [0.1, 0.15) is 17.2 Å². The quantitative estimate of drug-likeness (QED) is 0.309. The Hall–Kier alpha value is -3.66. The Morgan fingerprint density at radius 2 is 1.57 bits per heavy atom. The van der Waals surface area contributed by atoms with Crippen molar-refractivity contribution in [3.8, 4) is 17.2 Å². The molecule has 2 aliphatic rings. The minimum atomic E-state index is -0.178. The molecule has 0 saturated carbocycles. The van der Waals surface area contributed by atoms with Gasteiger partial charge in [0.25, 0.3) is 11.8 Å². The van der Waals surface area contributed by atoms with E-state index in [1.54, 1.807) is 23.1 Å². The molecule has 2 heterocycles. The van der Waals surface area contributed by atoms with Crippen molar-refractivity contribution in [2.24, 2.45) is 0 Å². The van der Waals surface area contributed by atoms with Crippen LogP contribution in [0.4, 0.5) is 5.69 Å². The maximum atomic E-state index is 13.1. The summed E-state index contributed by atoms with van der Waals surface area (Å²) in [5.74, 6) is 1.76. The number of carbonyl (C=O) groups excluding carboxylic acids is 2. The largest absolute Gasteiger partial charge is 0.484 e. The van der Waals surface area contributed by atoms with Crippen molar-refractivity contribution in [3.05, 3.63) is 89.3 Å². The number of morpholine rings is 1. The number of hydrogen-bond donors (Lipinski definition) is 0. The average molecular weight is 533 g/mol. The number of thioether (sulfide) groups is 1. The molecule has 3 aromatic carbocycles. The predicted molar refractivity (Wildman–Crippen MR) is 148 cm³/mol. The lowest BCUT2D eigenvalue weighted by atomic mass is 10.2. The minimum absolute atomic E-state index is 0.0207. The number of rotatable bonds is 7. The van der Waals surface area contributed by atoms with Crippen LogP contribution in [0.3, 0.4) is 0 Å². The average Bonchev–Trinajstić information content (AvgIpc) is 3.21. The Kier molecular flexibility index (Phi) is 7.84. The number of thiocarbonyl (C=S) groups is 1. The molecule has 5 rings (SSSR count). The molecule has 7 nitrogen and oxygen atoms in total. The summed E-state index contributed by atoms with van der Waals surface area (Å²) >= 11 is 6.75. The summed E-state index contributed by atoms with van der Waals surface area (Å²) in [6, 6.07) is 24.0. The zero-order valence-electron chi connectivity index (χ0n) is 19.9. The van der Waals surface area contributed by atoms with Crippen LogP contribution in [0, 0.1) is 0 Å². The number of amides is 2. The minimum Gasteiger partial charge on any atom is -0.484 e. The maximum Gasteiger partial charge on any atom is 0.270 e. The van der Waals surface area contributed by atoms with Crippen LogP contribution in [0.5, 0.6) is 17.2 Å². The Morgan fingerprint density at radius 3 is 2.27 bits per heavy atom. The van der Waals surface area contributed by atoms with E-state index in [-0.39, 0.29) is 18.4 Å². The van der Waals surface area contributed by atoms with E-state index >= 15 is 0 Å². The van der Waals surface area contributed by atoms with Crippen LogP contribution in [0.25, 0.3) is 6.08 Å². The maximum absolute atomic E-state index is 13.1. The lowest BCUT2D eigenvalue weighted by Crippen LogP contribution is -2.42. The first-order chi connectivity index (χ1) is 18.1.